The number of ketones is 1. The Morgan fingerprint density at radius 1 is 0.920 bits per heavy atom. The van der Waals surface area contributed by atoms with Crippen LogP contribution in [0, 0.1) is 11.8 Å². The van der Waals surface area contributed by atoms with Crippen molar-refractivity contribution >= 4 is 29.4 Å². The number of hydrogen-bond acceptors (Lipinski definition) is 8. The van der Waals surface area contributed by atoms with Gasteiger partial charge in [0.15, 0.2) is 0 Å². The van der Waals surface area contributed by atoms with E-state index in [2.05, 4.69) is 20.6 Å². The van der Waals surface area contributed by atoms with E-state index in [-0.39, 0.29) is 25.3 Å². The van der Waals surface area contributed by atoms with Crippen LogP contribution in [0.4, 0.5) is 22.0 Å². The van der Waals surface area contributed by atoms with Crippen LogP contribution in [0.1, 0.15) is 63.5 Å². The van der Waals surface area contributed by atoms with E-state index in [4.69, 9.17) is 4.74 Å². The van der Waals surface area contributed by atoms with E-state index >= 15 is 0 Å². The lowest BCUT2D eigenvalue weighted by molar-refractivity contribution is -0.269. The summed E-state index contributed by atoms with van der Waals surface area (Å²) in [7, 11) is 0. The second kappa shape index (κ2) is 16.9. The van der Waals surface area contributed by atoms with Crippen molar-refractivity contribution in [3.8, 4) is 0 Å². The molecule has 1 aliphatic rings. The van der Waals surface area contributed by atoms with Crippen LogP contribution >= 0.6 is 0 Å². The first-order chi connectivity index (χ1) is 23.4. The fourth-order valence-corrected chi connectivity index (χ4v) is 5.28. The van der Waals surface area contributed by atoms with Crippen LogP contribution in [-0.2, 0) is 30.5 Å². The maximum absolute atomic E-state index is 14.1. The lowest BCUT2D eigenvalue weighted by atomic mass is 9.98. The molecule has 50 heavy (non-hydrogen) atoms. The standard InChI is InChI=1S/C33H41F5N6O6/c1-6-22(27(45)32(34,35)33(36,37)38)41-29(47)24-14-21(50-17-20-10-8-7-9-11-20)16-44(24)31(49)26(19(4)5)43-30(48)25(18(2)3)42-28(46)23-15-39-12-13-40-23/h7-13,15,18-19,21-22,24-26H,6,14,16-17H2,1-5H3,(H,41,47)(H,42,46)(H,43,48)/t21-,22+,24+,25+,26+/m1/s1. The number of nitrogens with zero attached hydrogens (tertiary/aromatic N) is 3. The Morgan fingerprint density at radius 3 is 2.10 bits per heavy atom. The average molecular weight is 713 g/mol. The number of ether oxygens (including phenoxy) is 1. The van der Waals surface area contributed by atoms with Crippen LogP contribution in [0.15, 0.2) is 48.9 Å². The Balaban J connectivity index is 1.86. The van der Waals surface area contributed by atoms with Gasteiger partial charge in [-0.25, -0.2) is 4.98 Å². The fourth-order valence-electron chi connectivity index (χ4n) is 5.28. The van der Waals surface area contributed by atoms with Gasteiger partial charge in [0.25, 0.3) is 5.91 Å². The van der Waals surface area contributed by atoms with E-state index in [0.717, 1.165) is 17.4 Å². The third kappa shape index (κ3) is 9.79. The number of hydrogen-bond donors (Lipinski definition) is 3. The average Bonchev–Trinajstić information content (AvgIpc) is 3.51. The van der Waals surface area contributed by atoms with Crippen molar-refractivity contribution in [1.29, 1.82) is 0 Å². The molecule has 0 unspecified atom stereocenters. The molecule has 1 aromatic heterocycles. The molecule has 3 rings (SSSR count). The Labute approximate surface area is 285 Å². The van der Waals surface area contributed by atoms with E-state index in [1.807, 2.05) is 5.32 Å². The number of aromatic nitrogens is 2. The molecular weight excluding hydrogens is 671 g/mol. The van der Waals surface area contributed by atoms with Crippen LogP contribution in [0.25, 0.3) is 0 Å². The summed E-state index contributed by atoms with van der Waals surface area (Å²) < 4.78 is 72.8. The number of alkyl halides is 5. The van der Waals surface area contributed by atoms with Crippen molar-refractivity contribution in [3.05, 3.63) is 60.2 Å². The summed E-state index contributed by atoms with van der Waals surface area (Å²) in [6.45, 7) is 7.57. The number of benzene rings is 1. The summed E-state index contributed by atoms with van der Waals surface area (Å²) in [5, 5.41) is 7.20. The molecule has 274 valence electrons. The summed E-state index contributed by atoms with van der Waals surface area (Å²) >= 11 is 0. The van der Waals surface area contributed by atoms with Crippen molar-refractivity contribution in [2.45, 2.75) is 96.4 Å². The Hall–Kier alpha value is -4.54. The second-order valence-corrected chi connectivity index (χ2v) is 12.6. The van der Waals surface area contributed by atoms with E-state index in [1.165, 1.54) is 18.6 Å². The van der Waals surface area contributed by atoms with Crippen molar-refractivity contribution in [1.82, 2.24) is 30.8 Å². The van der Waals surface area contributed by atoms with Gasteiger partial charge in [0.2, 0.25) is 23.5 Å². The zero-order chi connectivity index (χ0) is 37.4. The largest absolute Gasteiger partial charge is 0.461 e. The van der Waals surface area contributed by atoms with Gasteiger partial charge in [-0.15, -0.1) is 0 Å². The van der Waals surface area contributed by atoms with Gasteiger partial charge in [0.05, 0.1) is 24.9 Å². The maximum Gasteiger partial charge on any atom is 0.461 e. The smallest absolute Gasteiger partial charge is 0.372 e. The molecule has 12 nitrogen and oxygen atoms in total. The van der Waals surface area contributed by atoms with Crippen molar-refractivity contribution in [3.63, 3.8) is 0 Å². The highest BCUT2D eigenvalue weighted by Gasteiger charge is 2.64. The zero-order valence-electron chi connectivity index (χ0n) is 28.2. The molecule has 1 aliphatic heterocycles. The zero-order valence-corrected chi connectivity index (χ0v) is 28.2. The molecule has 0 bridgehead atoms. The molecule has 17 heteroatoms. The molecule has 0 spiro atoms. The van der Waals surface area contributed by atoms with Crippen LogP contribution in [-0.4, -0.2) is 93.2 Å². The molecule has 1 saturated heterocycles. The van der Waals surface area contributed by atoms with Crippen molar-refractivity contribution in [2.75, 3.05) is 6.54 Å². The van der Waals surface area contributed by atoms with E-state index in [0.29, 0.717) is 0 Å². The molecular formula is C33H41F5N6O6. The SMILES string of the molecule is CC[C@H](NC(=O)[C@@H]1C[C@@H](OCc2ccccc2)CN1C(=O)[C@@H](NC(=O)[C@@H](NC(=O)c1cnccn1)C(C)C)C(C)C)C(=O)C(F)(F)C(F)(F)F. The van der Waals surface area contributed by atoms with Gasteiger partial charge in [-0.1, -0.05) is 65.0 Å². The summed E-state index contributed by atoms with van der Waals surface area (Å²) in [4.78, 5) is 75.0. The Morgan fingerprint density at radius 2 is 1.56 bits per heavy atom. The first-order valence-electron chi connectivity index (χ1n) is 16.0. The highest BCUT2D eigenvalue weighted by molar-refractivity contribution is 5.99. The number of halogens is 5. The van der Waals surface area contributed by atoms with Crippen LogP contribution < -0.4 is 16.0 Å². The minimum absolute atomic E-state index is 0.0493. The molecule has 5 atom stereocenters. The molecule has 2 heterocycles. The van der Waals surface area contributed by atoms with Gasteiger partial charge in [-0.05, 0) is 23.8 Å². The molecule has 0 aliphatic carbocycles. The quantitative estimate of drug-likeness (QED) is 0.238. The summed E-state index contributed by atoms with van der Waals surface area (Å²) in [5.41, 5.74) is 0.714. The number of Topliss-reactive ketones (excluding diaryl/α,β-unsaturated/α-hetero) is 1. The topological polar surface area (TPSA) is 160 Å². The molecule has 3 N–H and O–H groups in total. The molecule has 0 radical (unpaired) electrons. The number of carbonyl (C=O) groups is 5. The number of carbonyl (C=O) groups excluding carboxylic acids is 5. The fraction of sp³-hybridized carbons (Fsp3) is 0.545. The number of rotatable bonds is 15. The van der Waals surface area contributed by atoms with Gasteiger partial charge in [-0.3, -0.25) is 29.0 Å². The lowest BCUT2D eigenvalue weighted by Gasteiger charge is -2.32. The van der Waals surface area contributed by atoms with Crippen molar-refractivity contribution in [2.24, 2.45) is 11.8 Å². The van der Waals surface area contributed by atoms with E-state index < -0.39 is 90.0 Å². The third-order valence-electron chi connectivity index (χ3n) is 8.15. The van der Waals surface area contributed by atoms with Gasteiger partial charge in [0.1, 0.15) is 23.8 Å². The minimum Gasteiger partial charge on any atom is -0.372 e. The van der Waals surface area contributed by atoms with E-state index in [9.17, 15) is 45.9 Å². The normalized spacial score (nSPS) is 18.4. The van der Waals surface area contributed by atoms with Crippen LogP contribution in [0.2, 0.25) is 0 Å². The van der Waals surface area contributed by atoms with Gasteiger partial charge >= 0.3 is 12.1 Å². The first kappa shape index (κ1) is 39.9. The van der Waals surface area contributed by atoms with Gasteiger partial charge in [0, 0.05) is 25.4 Å². The monoisotopic (exact) mass is 712 g/mol. The van der Waals surface area contributed by atoms with Crippen LogP contribution in [0.5, 0.6) is 0 Å². The predicted molar refractivity (Wildman–Crippen MR) is 168 cm³/mol. The molecule has 1 fully saturated rings. The number of nitrogens with one attached hydrogen (secondary N) is 3. The molecule has 0 saturated carbocycles. The molecule has 2 aromatic rings. The van der Waals surface area contributed by atoms with Gasteiger partial charge < -0.3 is 25.6 Å². The van der Waals surface area contributed by atoms with Crippen LogP contribution in [0.3, 0.4) is 0 Å². The molecule has 4 amide bonds. The Bertz CT molecular complexity index is 1490. The summed E-state index contributed by atoms with van der Waals surface area (Å²) in [6.07, 6.45) is -3.88. The summed E-state index contributed by atoms with van der Waals surface area (Å²) in [6, 6.07) is 2.80. The van der Waals surface area contributed by atoms with Crippen molar-refractivity contribution < 1.29 is 50.7 Å². The number of likely N-dealkylation sites (tertiary alicyclic amines) is 1. The summed E-state index contributed by atoms with van der Waals surface area (Å²) in [5.74, 6) is -12.6. The minimum atomic E-state index is -6.18. The number of amides is 4. The lowest BCUT2D eigenvalue weighted by Crippen LogP contribution is -2.60. The highest BCUT2D eigenvalue weighted by atomic mass is 19.4. The second-order valence-electron chi connectivity index (χ2n) is 12.6. The predicted octanol–water partition coefficient (Wildman–Crippen LogP) is 3.22. The maximum atomic E-state index is 14.1. The third-order valence-corrected chi connectivity index (χ3v) is 8.15. The molecule has 1 aromatic carbocycles. The highest BCUT2D eigenvalue weighted by Crippen LogP contribution is 2.37. The Kier molecular flexibility index (Phi) is 13.5. The first-order valence-corrected chi connectivity index (χ1v) is 16.0. The van der Waals surface area contributed by atoms with Gasteiger partial charge in [-0.2, -0.15) is 22.0 Å². The van der Waals surface area contributed by atoms with E-state index in [1.54, 1.807) is 58.0 Å².